The number of aromatic nitrogens is 1. The summed E-state index contributed by atoms with van der Waals surface area (Å²) < 4.78 is 0. The van der Waals surface area contributed by atoms with Crippen molar-refractivity contribution >= 4 is 41.3 Å². The van der Waals surface area contributed by atoms with Gasteiger partial charge in [0.25, 0.3) is 0 Å². The van der Waals surface area contributed by atoms with E-state index >= 15 is 0 Å². The summed E-state index contributed by atoms with van der Waals surface area (Å²) in [6.07, 6.45) is 2.53. The summed E-state index contributed by atoms with van der Waals surface area (Å²) in [5.41, 5.74) is 1.11. The summed E-state index contributed by atoms with van der Waals surface area (Å²) in [6.45, 7) is 12.2. The number of halogens is 1. The summed E-state index contributed by atoms with van der Waals surface area (Å²) in [5, 5.41) is 6.72. The molecule has 25 heavy (non-hydrogen) atoms. The molecule has 2 rings (SSSR count). The summed E-state index contributed by atoms with van der Waals surface area (Å²) in [6, 6.07) is 0. The lowest BCUT2D eigenvalue weighted by Gasteiger charge is -2.35. The van der Waals surface area contributed by atoms with Crippen molar-refractivity contribution in [2.45, 2.75) is 40.2 Å². The molecule has 5 nitrogen and oxygen atoms in total. The third-order valence-electron chi connectivity index (χ3n) is 4.52. The molecule has 1 fully saturated rings. The van der Waals surface area contributed by atoms with Crippen LogP contribution >= 0.6 is 35.3 Å². The third kappa shape index (κ3) is 7.78. The highest BCUT2D eigenvalue weighted by Gasteiger charge is 2.21. The summed E-state index contributed by atoms with van der Waals surface area (Å²) in [4.78, 5) is 13.7. The molecule has 1 aliphatic rings. The van der Waals surface area contributed by atoms with Crippen molar-refractivity contribution in [3.8, 4) is 0 Å². The van der Waals surface area contributed by atoms with Crippen molar-refractivity contribution in [3.63, 3.8) is 0 Å². The number of piperidine rings is 1. The quantitative estimate of drug-likeness (QED) is 0.294. The Labute approximate surface area is 174 Å². The highest BCUT2D eigenvalue weighted by Crippen LogP contribution is 2.20. The van der Waals surface area contributed by atoms with E-state index in [9.17, 15) is 0 Å². The van der Waals surface area contributed by atoms with Gasteiger partial charge in [0.1, 0.15) is 0 Å². The number of aliphatic imine (C=N–C) groups is 1. The van der Waals surface area contributed by atoms with Gasteiger partial charge in [-0.1, -0.05) is 13.8 Å². The molecule has 0 aromatic carbocycles. The topological polar surface area (TPSA) is 43.8 Å². The van der Waals surface area contributed by atoms with Crippen LogP contribution in [0.2, 0.25) is 0 Å². The Kier molecular flexibility index (Phi) is 10.3. The van der Waals surface area contributed by atoms with E-state index in [1.54, 1.807) is 11.3 Å². The fourth-order valence-electron chi connectivity index (χ4n) is 3.66. The van der Waals surface area contributed by atoms with Gasteiger partial charge in [-0.15, -0.1) is 35.3 Å². The first-order chi connectivity index (χ1) is 11.5. The summed E-state index contributed by atoms with van der Waals surface area (Å²) >= 11 is 1.70. The highest BCUT2D eigenvalue weighted by atomic mass is 127. The first kappa shape index (κ1) is 22.6. The van der Waals surface area contributed by atoms with Crippen LogP contribution in [0.1, 0.15) is 37.4 Å². The zero-order valence-corrected chi connectivity index (χ0v) is 19.4. The summed E-state index contributed by atoms with van der Waals surface area (Å²) in [5.74, 6) is 2.62. The van der Waals surface area contributed by atoms with E-state index in [1.165, 1.54) is 26.1 Å². The number of nitrogens with zero attached hydrogens (tertiary/aromatic N) is 4. The van der Waals surface area contributed by atoms with E-state index in [0.717, 1.165) is 48.0 Å². The second-order valence-corrected chi connectivity index (χ2v) is 8.31. The van der Waals surface area contributed by atoms with E-state index in [-0.39, 0.29) is 24.0 Å². The van der Waals surface area contributed by atoms with Crippen molar-refractivity contribution in [2.75, 3.05) is 40.3 Å². The number of guanidine groups is 1. The number of thiazole rings is 1. The van der Waals surface area contributed by atoms with Gasteiger partial charge in [0, 0.05) is 39.1 Å². The third-order valence-corrected chi connectivity index (χ3v) is 5.34. The number of nitrogens with one attached hydrogen (secondary N) is 1. The lowest BCUT2D eigenvalue weighted by molar-refractivity contribution is 0.140. The highest BCUT2D eigenvalue weighted by molar-refractivity contribution is 14.0. The number of rotatable bonds is 6. The van der Waals surface area contributed by atoms with Crippen LogP contribution in [0, 0.1) is 18.8 Å². The van der Waals surface area contributed by atoms with Crippen LogP contribution in [-0.4, -0.2) is 61.0 Å². The van der Waals surface area contributed by atoms with E-state index in [1.807, 2.05) is 14.0 Å². The summed E-state index contributed by atoms with van der Waals surface area (Å²) in [7, 11) is 3.91. The Morgan fingerprint density at radius 2 is 2.08 bits per heavy atom. The number of likely N-dealkylation sites (tertiary alicyclic amines) is 1. The molecule has 0 bridgehead atoms. The van der Waals surface area contributed by atoms with E-state index < -0.39 is 0 Å². The van der Waals surface area contributed by atoms with Gasteiger partial charge in [-0.05, 0) is 38.1 Å². The lowest BCUT2D eigenvalue weighted by Crippen LogP contribution is -2.42. The average molecular weight is 479 g/mol. The van der Waals surface area contributed by atoms with Crippen LogP contribution in [0.15, 0.2) is 10.4 Å². The Bertz CT molecular complexity index is 523. The molecule has 0 aliphatic carbocycles. The van der Waals surface area contributed by atoms with Crippen molar-refractivity contribution < 1.29 is 0 Å². The van der Waals surface area contributed by atoms with Gasteiger partial charge >= 0.3 is 0 Å². The monoisotopic (exact) mass is 479 g/mol. The maximum absolute atomic E-state index is 4.53. The van der Waals surface area contributed by atoms with Gasteiger partial charge in [-0.2, -0.15) is 0 Å². The molecule has 1 aromatic heterocycles. The SMILES string of the molecule is CN=C(NCCCN1CC(C)CC(C)C1)N(C)Cc1csc(C)n1.I. The van der Waals surface area contributed by atoms with Crippen LogP contribution in [0.25, 0.3) is 0 Å². The minimum absolute atomic E-state index is 0. The Hall–Kier alpha value is -0.410. The van der Waals surface area contributed by atoms with Crippen LogP contribution in [0.5, 0.6) is 0 Å². The van der Waals surface area contributed by atoms with Crippen molar-refractivity contribution in [2.24, 2.45) is 16.8 Å². The minimum atomic E-state index is 0. The molecular weight excluding hydrogens is 445 g/mol. The predicted molar refractivity (Wildman–Crippen MR) is 119 cm³/mol. The van der Waals surface area contributed by atoms with Crippen LogP contribution in [-0.2, 0) is 6.54 Å². The molecule has 144 valence electrons. The fraction of sp³-hybridized carbons (Fsp3) is 0.778. The molecule has 0 radical (unpaired) electrons. The molecule has 7 heteroatoms. The second kappa shape index (κ2) is 11.3. The standard InChI is InChI=1S/C18H33N5S.HI/c1-14-9-15(2)11-23(10-14)8-6-7-20-18(19-4)22(5)12-17-13-24-16(3)21-17;/h13-15H,6-12H2,1-5H3,(H,19,20);1H. The molecule has 1 saturated heterocycles. The van der Waals surface area contributed by atoms with Gasteiger partial charge < -0.3 is 15.1 Å². The maximum atomic E-state index is 4.53. The Balaban J connectivity index is 0.00000312. The molecule has 2 atom stereocenters. The number of aryl methyl sites for hydroxylation is 1. The minimum Gasteiger partial charge on any atom is -0.356 e. The fourth-order valence-corrected chi connectivity index (χ4v) is 4.26. The van der Waals surface area contributed by atoms with E-state index in [0.29, 0.717) is 0 Å². The van der Waals surface area contributed by atoms with Gasteiger partial charge in [-0.3, -0.25) is 4.99 Å². The smallest absolute Gasteiger partial charge is 0.193 e. The molecule has 1 aliphatic heterocycles. The molecule has 1 aromatic rings. The second-order valence-electron chi connectivity index (χ2n) is 7.25. The Morgan fingerprint density at radius 3 is 2.64 bits per heavy atom. The van der Waals surface area contributed by atoms with Gasteiger partial charge in [-0.25, -0.2) is 4.98 Å². The maximum Gasteiger partial charge on any atom is 0.193 e. The average Bonchev–Trinajstić information content (AvgIpc) is 2.91. The molecule has 0 spiro atoms. The predicted octanol–water partition coefficient (Wildman–Crippen LogP) is 3.44. The zero-order chi connectivity index (χ0) is 17.5. The first-order valence-electron chi connectivity index (χ1n) is 9.03. The van der Waals surface area contributed by atoms with Crippen molar-refractivity contribution in [1.29, 1.82) is 0 Å². The van der Waals surface area contributed by atoms with Crippen LogP contribution < -0.4 is 5.32 Å². The lowest BCUT2D eigenvalue weighted by atomic mass is 9.92. The molecular formula is C18H34IN5S. The molecule has 1 N–H and O–H groups in total. The van der Waals surface area contributed by atoms with Crippen LogP contribution in [0.3, 0.4) is 0 Å². The van der Waals surface area contributed by atoms with Crippen LogP contribution in [0.4, 0.5) is 0 Å². The Morgan fingerprint density at radius 1 is 1.40 bits per heavy atom. The normalized spacial score (nSPS) is 21.7. The van der Waals surface area contributed by atoms with Crippen molar-refractivity contribution in [1.82, 2.24) is 20.1 Å². The largest absolute Gasteiger partial charge is 0.356 e. The zero-order valence-electron chi connectivity index (χ0n) is 16.3. The molecule has 2 heterocycles. The van der Waals surface area contributed by atoms with Crippen molar-refractivity contribution in [3.05, 3.63) is 16.1 Å². The van der Waals surface area contributed by atoms with E-state index in [2.05, 4.69) is 51.4 Å². The van der Waals surface area contributed by atoms with Gasteiger partial charge in [0.2, 0.25) is 0 Å². The molecule has 0 saturated carbocycles. The molecule has 0 amide bonds. The van der Waals surface area contributed by atoms with Gasteiger partial charge in [0.15, 0.2) is 5.96 Å². The first-order valence-corrected chi connectivity index (χ1v) is 9.91. The number of hydrogen-bond donors (Lipinski definition) is 1. The number of hydrogen-bond acceptors (Lipinski definition) is 4. The van der Waals surface area contributed by atoms with E-state index in [4.69, 9.17) is 0 Å². The van der Waals surface area contributed by atoms with Gasteiger partial charge in [0.05, 0.1) is 17.2 Å². The molecule has 2 unspecified atom stereocenters.